The molecule has 1 aromatic rings. The molecular weight excluding hydrogens is 314 g/mol. The van der Waals surface area contributed by atoms with Gasteiger partial charge in [0, 0.05) is 6.54 Å². The van der Waals surface area contributed by atoms with Crippen LogP contribution in [-0.4, -0.2) is 43.3 Å². The number of carboxylic acids is 1. The third-order valence-corrected chi connectivity index (χ3v) is 3.88. The van der Waals surface area contributed by atoms with E-state index in [4.69, 9.17) is 21.1 Å². The van der Waals surface area contributed by atoms with Crippen molar-refractivity contribution in [1.29, 1.82) is 0 Å². The van der Waals surface area contributed by atoms with Crippen LogP contribution in [0.3, 0.4) is 0 Å². The average molecular weight is 334 g/mol. The van der Waals surface area contributed by atoms with Crippen molar-refractivity contribution in [3.05, 3.63) is 22.7 Å². The van der Waals surface area contributed by atoms with Crippen LogP contribution in [0.5, 0.6) is 11.5 Å². The molecule has 0 saturated heterocycles. The Morgan fingerprint density at radius 1 is 1.43 bits per heavy atom. The zero-order chi connectivity index (χ0) is 15.8. The van der Waals surface area contributed by atoms with Gasteiger partial charge < -0.3 is 19.9 Å². The lowest BCUT2D eigenvalue weighted by molar-refractivity contribution is -0.139. The number of hydrogen-bond acceptors (Lipinski definition) is 5. The summed E-state index contributed by atoms with van der Waals surface area (Å²) in [7, 11) is 3.05. The summed E-state index contributed by atoms with van der Waals surface area (Å²) < 4.78 is 10.4. The van der Waals surface area contributed by atoms with E-state index in [0.29, 0.717) is 29.5 Å². The van der Waals surface area contributed by atoms with E-state index in [-0.39, 0.29) is 0 Å². The van der Waals surface area contributed by atoms with Gasteiger partial charge in [0.15, 0.2) is 11.5 Å². The Labute approximate surface area is 134 Å². The van der Waals surface area contributed by atoms with Crippen LogP contribution in [0.25, 0.3) is 0 Å². The molecular formula is C14H20ClNO4S. The number of hydrogen-bond donors (Lipinski definition) is 2. The molecule has 0 aliphatic heterocycles. The molecule has 7 heteroatoms. The smallest absolute Gasteiger partial charge is 0.320 e. The number of rotatable bonds is 9. The van der Waals surface area contributed by atoms with Crippen molar-refractivity contribution in [1.82, 2.24) is 5.32 Å². The van der Waals surface area contributed by atoms with Crippen LogP contribution < -0.4 is 14.8 Å². The van der Waals surface area contributed by atoms with E-state index in [1.165, 1.54) is 14.2 Å². The van der Waals surface area contributed by atoms with E-state index in [1.54, 1.807) is 23.9 Å². The highest BCUT2D eigenvalue weighted by Gasteiger charge is 2.17. The maximum atomic E-state index is 11.2. The molecule has 1 rings (SSSR count). The molecule has 0 amide bonds. The Morgan fingerprint density at radius 2 is 2.14 bits per heavy atom. The number of nitrogens with one attached hydrogen (secondary N) is 1. The van der Waals surface area contributed by atoms with Gasteiger partial charge in [0.1, 0.15) is 6.04 Å². The Kier molecular flexibility index (Phi) is 7.71. The quantitative estimate of drug-likeness (QED) is 0.724. The maximum Gasteiger partial charge on any atom is 0.320 e. The van der Waals surface area contributed by atoms with Crippen LogP contribution >= 0.6 is 23.4 Å². The summed E-state index contributed by atoms with van der Waals surface area (Å²) in [5.41, 5.74) is 0.841. The number of halogens is 1. The summed E-state index contributed by atoms with van der Waals surface area (Å²) in [6.07, 6.45) is 2.52. The van der Waals surface area contributed by atoms with E-state index >= 15 is 0 Å². The molecule has 1 atom stereocenters. The van der Waals surface area contributed by atoms with Crippen LogP contribution in [0.15, 0.2) is 12.1 Å². The summed E-state index contributed by atoms with van der Waals surface area (Å²) in [6, 6.07) is 2.94. The van der Waals surface area contributed by atoms with Crippen molar-refractivity contribution in [3.8, 4) is 11.5 Å². The van der Waals surface area contributed by atoms with Gasteiger partial charge in [-0.25, -0.2) is 0 Å². The molecule has 118 valence electrons. The maximum absolute atomic E-state index is 11.2. The predicted molar refractivity (Wildman–Crippen MR) is 85.8 cm³/mol. The Bertz CT molecular complexity index is 484. The number of carbonyl (C=O) groups is 1. The number of aliphatic carboxylic acids is 1. The Balaban J connectivity index is 2.78. The lowest BCUT2D eigenvalue weighted by Gasteiger charge is -2.16. The van der Waals surface area contributed by atoms with Gasteiger partial charge in [0.2, 0.25) is 0 Å². The number of ether oxygens (including phenoxy) is 2. The van der Waals surface area contributed by atoms with Crippen molar-refractivity contribution in [2.45, 2.75) is 19.0 Å². The third kappa shape index (κ3) is 5.30. The number of thioether (sulfide) groups is 1. The Morgan fingerprint density at radius 3 is 2.67 bits per heavy atom. The number of carboxylic acid groups (broad SMARTS) is 1. The molecule has 2 N–H and O–H groups in total. The minimum Gasteiger partial charge on any atom is -0.493 e. The van der Waals surface area contributed by atoms with Crippen molar-refractivity contribution >= 4 is 29.3 Å². The van der Waals surface area contributed by atoms with Crippen molar-refractivity contribution in [2.24, 2.45) is 0 Å². The van der Waals surface area contributed by atoms with Crippen LogP contribution in [0.4, 0.5) is 0 Å². The molecule has 0 bridgehead atoms. The van der Waals surface area contributed by atoms with E-state index in [0.717, 1.165) is 11.3 Å². The third-order valence-electron chi connectivity index (χ3n) is 2.95. The van der Waals surface area contributed by atoms with Crippen LogP contribution in [0.1, 0.15) is 12.0 Å². The second kappa shape index (κ2) is 9.02. The average Bonchev–Trinajstić information content (AvgIpc) is 2.46. The van der Waals surface area contributed by atoms with Crippen molar-refractivity contribution in [3.63, 3.8) is 0 Å². The second-order valence-electron chi connectivity index (χ2n) is 4.37. The Hall–Kier alpha value is -1.11. The SMILES string of the molecule is COc1cc(CNC(CCSC)C(=O)O)cc(Cl)c1OC. The molecule has 0 spiro atoms. The monoisotopic (exact) mass is 333 g/mol. The van der Waals surface area contributed by atoms with Crippen LogP contribution in [-0.2, 0) is 11.3 Å². The summed E-state index contributed by atoms with van der Waals surface area (Å²) in [5, 5.41) is 12.6. The lowest BCUT2D eigenvalue weighted by atomic mass is 10.1. The van der Waals surface area contributed by atoms with Gasteiger partial charge in [-0.3, -0.25) is 4.79 Å². The summed E-state index contributed by atoms with van der Waals surface area (Å²) >= 11 is 7.74. The second-order valence-corrected chi connectivity index (χ2v) is 5.76. The zero-order valence-corrected chi connectivity index (χ0v) is 13.9. The molecule has 21 heavy (non-hydrogen) atoms. The first-order chi connectivity index (χ1) is 10.0. The van der Waals surface area contributed by atoms with Crippen LogP contribution in [0, 0.1) is 0 Å². The summed E-state index contributed by atoms with van der Waals surface area (Å²) in [5.74, 6) is 0.935. The molecule has 1 unspecified atom stereocenters. The van der Waals surface area contributed by atoms with Crippen molar-refractivity contribution < 1.29 is 19.4 Å². The van der Waals surface area contributed by atoms with Gasteiger partial charge in [-0.1, -0.05) is 11.6 Å². The van der Waals surface area contributed by atoms with Gasteiger partial charge in [0.05, 0.1) is 19.2 Å². The first-order valence-electron chi connectivity index (χ1n) is 6.39. The first-order valence-corrected chi connectivity index (χ1v) is 8.16. The van der Waals surface area contributed by atoms with E-state index in [9.17, 15) is 9.90 Å². The molecule has 5 nitrogen and oxygen atoms in total. The highest BCUT2D eigenvalue weighted by atomic mass is 35.5. The zero-order valence-electron chi connectivity index (χ0n) is 12.3. The van der Waals surface area contributed by atoms with Gasteiger partial charge in [-0.2, -0.15) is 11.8 Å². The van der Waals surface area contributed by atoms with E-state index in [2.05, 4.69) is 5.32 Å². The van der Waals surface area contributed by atoms with Gasteiger partial charge >= 0.3 is 5.97 Å². The van der Waals surface area contributed by atoms with Gasteiger partial charge in [-0.15, -0.1) is 0 Å². The fourth-order valence-electron chi connectivity index (χ4n) is 1.86. The minimum atomic E-state index is -0.851. The largest absolute Gasteiger partial charge is 0.493 e. The molecule has 1 aromatic carbocycles. The number of benzene rings is 1. The summed E-state index contributed by atoms with van der Waals surface area (Å²) in [6.45, 7) is 0.394. The molecule has 0 radical (unpaired) electrons. The molecule has 0 heterocycles. The normalized spacial score (nSPS) is 12.0. The summed E-state index contributed by atoms with van der Waals surface area (Å²) in [4.78, 5) is 11.2. The first kappa shape index (κ1) is 17.9. The number of methoxy groups -OCH3 is 2. The minimum absolute atomic E-state index is 0.394. The highest BCUT2D eigenvalue weighted by Crippen LogP contribution is 2.35. The molecule has 0 aliphatic rings. The molecule has 0 saturated carbocycles. The van der Waals surface area contributed by atoms with Crippen molar-refractivity contribution in [2.75, 3.05) is 26.2 Å². The molecule has 0 aromatic heterocycles. The van der Waals surface area contributed by atoms with Crippen LogP contribution in [0.2, 0.25) is 5.02 Å². The standard InChI is InChI=1S/C14H20ClNO4S/c1-19-12-7-9(6-10(15)13(12)20-2)8-16-11(14(17)18)4-5-21-3/h6-7,11,16H,4-5,8H2,1-3H3,(H,17,18). The molecule has 0 aliphatic carbocycles. The topological polar surface area (TPSA) is 67.8 Å². The highest BCUT2D eigenvalue weighted by molar-refractivity contribution is 7.98. The van der Waals surface area contributed by atoms with E-state index in [1.807, 2.05) is 6.26 Å². The molecule has 0 fully saturated rings. The predicted octanol–water partition coefficient (Wildman–Crippen LogP) is 2.65. The fourth-order valence-corrected chi connectivity index (χ4v) is 2.64. The fraction of sp³-hybridized carbons (Fsp3) is 0.500. The van der Waals surface area contributed by atoms with Gasteiger partial charge in [0.25, 0.3) is 0 Å². The lowest BCUT2D eigenvalue weighted by Crippen LogP contribution is -2.36. The van der Waals surface area contributed by atoms with E-state index < -0.39 is 12.0 Å². The van der Waals surface area contributed by atoms with Gasteiger partial charge in [-0.05, 0) is 36.1 Å².